The Morgan fingerprint density at radius 1 is 0.762 bits per heavy atom. The Morgan fingerprint density at radius 3 is 1.67 bits per heavy atom. The summed E-state index contributed by atoms with van der Waals surface area (Å²) >= 11 is 0. The van der Waals surface area contributed by atoms with E-state index in [1.165, 1.54) is 22.3 Å². The first-order valence-corrected chi connectivity index (χ1v) is 7.95. The molecule has 0 fully saturated rings. The smallest absolute Gasteiger partial charge is 0.0146 e. The van der Waals surface area contributed by atoms with E-state index in [1.54, 1.807) is 0 Å². The zero-order valence-corrected chi connectivity index (χ0v) is 14.2. The van der Waals surface area contributed by atoms with Crippen molar-refractivity contribution in [3.63, 3.8) is 0 Å². The van der Waals surface area contributed by atoms with Crippen LogP contribution in [0.4, 0.5) is 0 Å². The fraction of sp³-hybridized carbons (Fsp3) is 0.429. The van der Waals surface area contributed by atoms with E-state index in [9.17, 15) is 0 Å². The van der Waals surface area contributed by atoms with E-state index in [4.69, 9.17) is 0 Å². The van der Waals surface area contributed by atoms with Crippen molar-refractivity contribution in [2.75, 3.05) is 0 Å². The Kier molecular flexibility index (Phi) is 4.56. The summed E-state index contributed by atoms with van der Waals surface area (Å²) in [6.45, 7) is 13.6. The maximum atomic E-state index is 3.61. The number of hydrogen-bond acceptors (Lipinski definition) is 0. The molecule has 0 N–H and O–H groups in total. The molecule has 21 heavy (non-hydrogen) atoms. The van der Waals surface area contributed by atoms with Crippen LogP contribution in [0.5, 0.6) is 0 Å². The molecule has 0 aliphatic rings. The van der Waals surface area contributed by atoms with Crippen molar-refractivity contribution in [3.05, 3.63) is 70.8 Å². The molecule has 0 spiro atoms. The molecule has 0 bridgehead atoms. The van der Waals surface area contributed by atoms with Crippen molar-refractivity contribution in [2.45, 2.75) is 58.8 Å². The molecule has 0 heterocycles. The van der Waals surface area contributed by atoms with E-state index in [0.717, 1.165) is 0 Å². The Bertz CT molecular complexity index is 562. The third-order valence-electron chi connectivity index (χ3n) is 4.37. The normalized spacial score (nSPS) is 12.2. The van der Waals surface area contributed by atoms with Crippen molar-refractivity contribution >= 4 is 0 Å². The predicted octanol–water partition coefficient (Wildman–Crippen LogP) is 6.06. The second-order valence-electron chi connectivity index (χ2n) is 7.08. The highest BCUT2D eigenvalue weighted by Gasteiger charge is 2.24. The van der Waals surface area contributed by atoms with Gasteiger partial charge < -0.3 is 0 Å². The summed E-state index contributed by atoms with van der Waals surface area (Å²) in [5.74, 6) is 1.02. The lowest BCUT2D eigenvalue weighted by molar-refractivity contribution is 0.635. The summed E-state index contributed by atoms with van der Waals surface area (Å²) in [5, 5.41) is 0. The van der Waals surface area contributed by atoms with Crippen LogP contribution in [0, 0.1) is 6.07 Å². The lowest BCUT2D eigenvalue weighted by Gasteiger charge is -2.28. The van der Waals surface area contributed by atoms with Crippen LogP contribution in [-0.4, -0.2) is 0 Å². The predicted molar refractivity (Wildman–Crippen MR) is 92.0 cm³/mol. The van der Waals surface area contributed by atoms with Crippen molar-refractivity contribution in [3.8, 4) is 0 Å². The van der Waals surface area contributed by atoms with Crippen LogP contribution in [0.15, 0.2) is 42.5 Å². The van der Waals surface area contributed by atoms with Gasteiger partial charge in [0.05, 0.1) is 0 Å². The number of rotatable bonds is 4. The van der Waals surface area contributed by atoms with E-state index >= 15 is 0 Å². The molecule has 2 rings (SSSR count). The van der Waals surface area contributed by atoms with Crippen LogP contribution in [0.1, 0.15) is 75.6 Å². The van der Waals surface area contributed by atoms with Crippen molar-refractivity contribution in [1.29, 1.82) is 0 Å². The standard InChI is InChI=1S/C21H27/c1-15(2)17-12-18(16(3)4)14-20(13-17)21(5,6)19-10-8-7-9-11-19/h7-11,13-16H,1-6H3. The third kappa shape index (κ3) is 3.37. The van der Waals surface area contributed by atoms with Crippen molar-refractivity contribution in [2.24, 2.45) is 0 Å². The quantitative estimate of drug-likeness (QED) is 0.638. The summed E-state index contributed by atoms with van der Waals surface area (Å²) in [5.41, 5.74) is 5.41. The van der Waals surface area contributed by atoms with Crippen LogP contribution < -0.4 is 0 Å². The average molecular weight is 279 g/mol. The highest BCUT2D eigenvalue weighted by molar-refractivity contribution is 5.42. The Balaban J connectivity index is 2.57. The molecular formula is C21H27. The average Bonchev–Trinajstić information content (AvgIpc) is 2.47. The van der Waals surface area contributed by atoms with Crippen LogP contribution in [0.2, 0.25) is 0 Å². The van der Waals surface area contributed by atoms with Crippen LogP contribution in [0.25, 0.3) is 0 Å². The lowest BCUT2D eigenvalue weighted by Crippen LogP contribution is -2.19. The van der Waals surface area contributed by atoms with Crippen molar-refractivity contribution < 1.29 is 0 Å². The monoisotopic (exact) mass is 279 g/mol. The summed E-state index contributed by atoms with van der Waals surface area (Å²) in [4.78, 5) is 0. The van der Waals surface area contributed by atoms with Gasteiger partial charge in [-0.05, 0) is 40.2 Å². The molecule has 0 nitrogen and oxygen atoms in total. The molecule has 0 unspecified atom stereocenters. The molecule has 0 aliphatic heterocycles. The fourth-order valence-corrected chi connectivity index (χ4v) is 2.62. The molecule has 0 saturated heterocycles. The molecule has 0 aromatic heterocycles. The van der Waals surface area contributed by atoms with E-state index in [2.05, 4.69) is 90.1 Å². The van der Waals surface area contributed by atoms with Crippen LogP contribution in [-0.2, 0) is 5.41 Å². The first-order valence-electron chi connectivity index (χ1n) is 7.95. The van der Waals surface area contributed by atoms with Gasteiger partial charge in [0.1, 0.15) is 0 Å². The maximum absolute atomic E-state index is 3.61. The topological polar surface area (TPSA) is 0 Å². The maximum Gasteiger partial charge on any atom is 0.0146 e. The van der Waals surface area contributed by atoms with Gasteiger partial charge >= 0.3 is 0 Å². The first-order chi connectivity index (χ1) is 9.82. The molecule has 2 aromatic carbocycles. The van der Waals surface area contributed by atoms with Gasteiger partial charge in [0, 0.05) is 5.41 Å². The van der Waals surface area contributed by atoms with E-state index in [-0.39, 0.29) is 5.41 Å². The second kappa shape index (κ2) is 6.05. The van der Waals surface area contributed by atoms with Gasteiger partial charge in [-0.15, -0.1) is 0 Å². The van der Waals surface area contributed by atoms with E-state index < -0.39 is 0 Å². The summed E-state index contributed by atoms with van der Waals surface area (Å²) in [6.07, 6.45) is 0. The molecule has 0 aliphatic carbocycles. The summed E-state index contributed by atoms with van der Waals surface area (Å²) < 4.78 is 0. The van der Waals surface area contributed by atoms with Gasteiger partial charge in [0.15, 0.2) is 0 Å². The van der Waals surface area contributed by atoms with Gasteiger partial charge in [-0.1, -0.05) is 84.0 Å². The molecular weight excluding hydrogens is 252 g/mol. The highest BCUT2D eigenvalue weighted by atomic mass is 14.3. The zero-order chi connectivity index (χ0) is 15.6. The largest absolute Gasteiger partial charge is 0.0622 e. The van der Waals surface area contributed by atoms with Crippen LogP contribution >= 0.6 is 0 Å². The van der Waals surface area contributed by atoms with E-state index in [1.807, 2.05) is 0 Å². The van der Waals surface area contributed by atoms with Gasteiger partial charge in [0.2, 0.25) is 0 Å². The number of benzene rings is 2. The van der Waals surface area contributed by atoms with Gasteiger partial charge in [-0.3, -0.25) is 0 Å². The Hall–Kier alpha value is -1.56. The molecule has 0 heteroatoms. The zero-order valence-electron chi connectivity index (χ0n) is 14.2. The minimum absolute atomic E-state index is 0.0175. The minimum Gasteiger partial charge on any atom is -0.0622 e. The van der Waals surface area contributed by atoms with Crippen LogP contribution in [0.3, 0.4) is 0 Å². The second-order valence-corrected chi connectivity index (χ2v) is 7.08. The molecule has 1 radical (unpaired) electrons. The highest BCUT2D eigenvalue weighted by Crippen LogP contribution is 2.34. The molecule has 0 amide bonds. The summed E-state index contributed by atoms with van der Waals surface area (Å²) in [6, 6.07) is 19.1. The molecule has 0 saturated carbocycles. The van der Waals surface area contributed by atoms with Gasteiger partial charge in [0.25, 0.3) is 0 Å². The van der Waals surface area contributed by atoms with E-state index in [0.29, 0.717) is 11.8 Å². The molecule has 111 valence electrons. The van der Waals surface area contributed by atoms with Crippen molar-refractivity contribution in [1.82, 2.24) is 0 Å². The Labute approximate surface area is 130 Å². The first kappa shape index (κ1) is 15.8. The third-order valence-corrected chi connectivity index (χ3v) is 4.37. The van der Waals surface area contributed by atoms with Gasteiger partial charge in [-0.25, -0.2) is 0 Å². The Morgan fingerprint density at radius 2 is 1.24 bits per heavy atom. The summed E-state index contributed by atoms with van der Waals surface area (Å²) in [7, 11) is 0. The lowest BCUT2D eigenvalue weighted by atomic mass is 9.76. The SMILES string of the molecule is CC(C)c1[c]c(C(C)C)cc(C(C)(C)c2ccccc2)c1. The fourth-order valence-electron chi connectivity index (χ4n) is 2.62. The number of hydrogen-bond donors (Lipinski definition) is 0. The molecule has 0 atom stereocenters. The van der Waals surface area contributed by atoms with Gasteiger partial charge in [-0.2, -0.15) is 0 Å². The molecule has 2 aromatic rings. The minimum atomic E-state index is 0.0175.